The number of nitrogens with zero attached hydrogens (tertiary/aromatic N) is 1. The number of nitrogens with two attached hydrogens (primary N) is 1. The minimum atomic E-state index is -0.295. The van der Waals surface area contributed by atoms with Crippen LogP contribution < -0.4 is 11.1 Å². The lowest BCUT2D eigenvalue weighted by Crippen LogP contribution is -2.12. The first-order chi connectivity index (χ1) is 13.5. The van der Waals surface area contributed by atoms with Crippen molar-refractivity contribution in [3.8, 4) is 11.3 Å². The van der Waals surface area contributed by atoms with Crippen LogP contribution in [0, 0.1) is 5.82 Å². The molecule has 0 spiro atoms. The maximum atomic E-state index is 13.1. The summed E-state index contributed by atoms with van der Waals surface area (Å²) >= 11 is 1.25. The van der Waals surface area contributed by atoms with Gasteiger partial charge in [-0.25, -0.2) is 9.37 Å². The Morgan fingerprint density at radius 3 is 2.68 bits per heavy atom. The predicted molar refractivity (Wildman–Crippen MR) is 113 cm³/mol. The van der Waals surface area contributed by atoms with Crippen LogP contribution in [0.2, 0.25) is 0 Å². The smallest absolute Gasteiger partial charge is 0.267 e. The van der Waals surface area contributed by atoms with Gasteiger partial charge in [-0.05, 0) is 60.5 Å². The highest BCUT2D eigenvalue weighted by molar-refractivity contribution is 7.21. The number of carbonyl (C=O) groups is 1. The maximum Gasteiger partial charge on any atom is 0.267 e. The number of thiophene rings is 1. The third-order valence-electron chi connectivity index (χ3n) is 4.53. The van der Waals surface area contributed by atoms with Crippen molar-refractivity contribution in [3.05, 3.63) is 76.9 Å². The summed E-state index contributed by atoms with van der Waals surface area (Å²) in [5.74, 6) is -0.548. The number of halogens is 1. The Morgan fingerprint density at radius 2 is 1.93 bits per heavy atom. The average Bonchev–Trinajstić information content (AvgIpc) is 3.05. The van der Waals surface area contributed by atoms with Gasteiger partial charge in [-0.15, -0.1) is 11.3 Å². The van der Waals surface area contributed by atoms with Crippen molar-refractivity contribution < 1.29 is 9.18 Å². The number of anilines is 2. The predicted octanol–water partition coefficient (Wildman–Crippen LogP) is 5.50. The molecule has 0 fully saturated rings. The Labute approximate surface area is 165 Å². The Hall–Kier alpha value is -3.25. The normalized spacial score (nSPS) is 10.9. The van der Waals surface area contributed by atoms with Gasteiger partial charge >= 0.3 is 0 Å². The second-order valence-electron chi connectivity index (χ2n) is 6.41. The molecule has 0 bridgehead atoms. The molecule has 0 saturated heterocycles. The summed E-state index contributed by atoms with van der Waals surface area (Å²) in [6, 6.07) is 17.6. The van der Waals surface area contributed by atoms with E-state index < -0.39 is 0 Å². The molecule has 0 aliphatic heterocycles. The number of nitrogens with one attached hydrogen (secondary N) is 1. The van der Waals surface area contributed by atoms with E-state index in [1.165, 1.54) is 23.5 Å². The summed E-state index contributed by atoms with van der Waals surface area (Å²) in [7, 11) is 0. The number of carbonyl (C=O) groups excluding carboxylic acids is 1. The van der Waals surface area contributed by atoms with Gasteiger partial charge in [0.1, 0.15) is 15.5 Å². The van der Waals surface area contributed by atoms with Crippen LogP contribution in [0.25, 0.3) is 21.5 Å². The van der Waals surface area contributed by atoms with E-state index >= 15 is 0 Å². The number of nitrogen functional groups attached to an aromatic ring is 1. The number of fused-ring (bicyclic) bond motifs is 1. The molecule has 0 aliphatic rings. The van der Waals surface area contributed by atoms with E-state index in [-0.39, 0.29) is 11.7 Å². The summed E-state index contributed by atoms with van der Waals surface area (Å²) in [6.45, 7) is 2.06. The fourth-order valence-corrected chi connectivity index (χ4v) is 3.99. The summed E-state index contributed by atoms with van der Waals surface area (Å²) in [4.78, 5) is 18.5. The molecule has 4 aromatic rings. The number of aromatic nitrogens is 1. The van der Waals surface area contributed by atoms with E-state index in [9.17, 15) is 9.18 Å². The van der Waals surface area contributed by atoms with Crippen molar-refractivity contribution in [1.29, 1.82) is 0 Å². The second-order valence-corrected chi connectivity index (χ2v) is 7.41. The van der Waals surface area contributed by atoms with E-state index in [1.807, 2.05) is 36.4 Å². The number of rotatable bonds is 4. The van der Waals surface area contributed by atoms with Gasteiger partial charge in [0.15, 0.2) is 0 Å². The molecule has 0 radical (unpaired) electrons. The highest BCUT2D eigenvalue weighted by Crippen LogP contribution is 2.34. The molecule has 4 rings (SSSR count). The SMILES string of the molecule is CCc1cccc(NC(=O)c2sc3nc(-c4ccc(F)cc4)ccc3c2N)c1. The highest BCUT2D eigenvalue weighted by Gasteiger charge is 2.18. The number of amides is 1. The monoisotopic (exact) mass is 391 g/mol. The number of aryl methyl sites for hydroxylation is 1. The molecule has 6 heteroatoms. The molecule has 0 atom stereocenters. The lowest BCUT2D eigenvalue weighted by molar-refractivity contribution is 0.103. The van der Waals surface area contributed by atoms with Crippen LogP contribution in [0.4, 0.5) is 15.8 Å². The lowest BCUT2D eigenvalue weighted by Gasteiger charge is -2.06. The summed E-state index contributed by atoms with van der Waals surface area (Å²) < 4.78 is 13.1. The van der Waals surface area contributed by atoms with Gasteiger partial charge in [0.2, 0.25) is 0 Å². The van der Waals surface area contributed by atoms with Crippen LogP contribution in [0.1, 0.15) is 22.2 Å². The first-order valence-electron chi connectivity index (χ1n) is 8.90. The molecule has 0 aliphatic carbocycles. The Kier molecular flexibility index (Phi) is 4.79. The molecule has 140 valence electrons. The van der Waals surface area contributed by atoms with Gasteiger partial charge in [0.25, 0.3) is 5.91 Å². The third kappa shape index (κ3) is 3.46. The lowest BCUT2D eigenvalue weighted by atomic mass is 10.1. The number of benzene rings is 2. The van der Waals surface area contributed by atoms with Crippen LogP contribution in [0.15, 0.2) is 60.7 Å². The van der Waals surface area contributed by atoms with Crippen molar-refractivity contribution in [2.24, 2.45) is 0 Å². The molecule has 4 nitrogen and oxygen atoms in total. The van der Waals surface area contributed by atoms with Crippen LogP contribution in [0.3, 0.4) is 0 Å². The van der Waals surface area contributed by atoms with Crippen molar-refractivity contribution in [2.45, 2.75) is 13.3 Å². The molecular formula is C22H18FN3OS. The second kappa shape index (κ2) is 7.40. The summed E-state index contributed by atoms with van der Waals surface area (Å²) in [6.07, 6.45) is 0.894. The van der Waals surface area contributed by atoms with E-state index in [0.717, 1.165) is 28.6 Å². The van der Waals surface area contributed by atoms with Crippen molar-refractivity contribution in [3.63, 3.8) is 0 Å². The van der Waals surface area contributed by atoms with Crippen molar-refractivity contribution in [1.82, 2.24) is 4.98 Å². The van der Waals surface area contributed by atoms with Crippen LogP contribution in [-0.2, 0) is 6.42 Å². The standard InChI is InChI=1S/C22H18FN3OS/c1-2-13-4-3-5-16(12-13)25-21(27)20-19(24)17-10-11-18(26-22(17)28-20)14-6-8-15(23)9-7-14/h3-12H,2,24H2,1H3,(H,25,27). The van der Waals surface area contributed by atoms with Gasteiger partial charge in [-0.2, -0.15) is 0 Å². The first-order valence-corrected chi connectivity index (χ1v) is 9.72. The molecule has 1 amide bonds. The fourth-order valence-electron chi connectivity index (χ4n) is 3.00. The quantitative estimate of drug-likeness (QED) is 0.483. The Morgan fingerprint density at radius 1 is 1.14 bits per heavy atom. The zero-order valence-corrected chi connectivity index (χ0v) is 16.0. The molecule has 2 aromatic carbocycles. The van der Waals surface area contributed by atoms with Gasteiger partial charge in [-0.3, -0.25) is 4.79 Å². The molecule has 2 aromatic heterocycles. The number of hydrogen-bond acceptors (Lipinski definition) is 4. The minimum Gasteiger partial charge on any atom is -0.397 e. The summed E-state index contributed by atoms with van der Waals surface area (Å²) in [5.41, 5.74) is 10.0. The largest absolute Gasteiger partial charge is 0.397 e. The summed E-state index contributed by atoms with van der Waals surface area (Å²) in [5, 5.41) is 3.65. The highest BCUT2D eigenvalue weighted by atomic mass is 32.1. The Bertz CT molecular complexity index is 1170. The fraction of sp³-hybridized carbons (Fsp3) is 0.0909. The minimum absolute atomic E-state index is 0.253. The van der Waals surface area contributed by atoms with Crippen molar-refractivity contribution >= 4 is 38.8 Å². The van der Waals surface area contributed by atoms with E-state index in [2.05, 4.69) is 17.2 Å². The molecule has 0 unspecified atom stereocenters. The molecule has 0 saturated carbocycles. The van der Waals surface area contributed by atoms with Gasteiger partial charge in [0.05, 0.1) is 11.4 Å². The van der Waals surface area contributed by atoms with E-state index in [1.54, 1.807) is 12.1 Å². The van der Waals surface area contributed by atoms with E-state index in [0.29, 0.717) is 21.1 Å². The number of hydrogen-bond donors (Lipinski definition) is 2. The van der Waals surface area contributed by atoms with Crippen molar-refractivity contribution in [2.75, 3.05) is 11.1 Å². The van der Waals surface area contributed by atoms with Gasteiger partial charge in [-0.1, -0.05) is 19.1 Å². The van der Waals surface area contributed by atoms with E-state index in [4.69, 9.17) is 5.73 Å². The Balaban J connectivity index is 1.66. The maximum absolute atomic E-state index is 13.1. The zero-order valence-electron chi connectivity index (χ0n) is 15.2. The molecule has 2 heterocycles. The topological polar surface area (TPSA) is 68.0 Å². The zero-order chi connectivity index (χ0) is 19.7. The van der Waals surface area contributed by atoms with Crippen LogP contribution in [0.5, 0.6) is 0 Å². The molecule has 3 N–H and O–H groups in total. The van der Waals surface area contributed by atoms with Gasteiger partial charge in [0, 0.05) is 16.6 Å². The van der Waals surface area contributed by atoms with Crippen LogP contribution in [-0.4, -0.2) is 10.9 Å². The first kappa shape index (κ1) is 18.1. The molecular weight excluding hydrogens is 373 g/mol. The third-order valence-corrected chi connectivity index (χ3v) is 5.65. The van der Waals surface area contributed by atoms with Crippen LogP contribution >= 0.6 is 11.3 Å². The molecule has 28 heavy (non-hydrogen) atoms. The average molecular weight is 391 g/mol. The van der Waals surface area contributed by atoms with Gasteiger partial charge < -0.3 is 11.1 Å². The number of pyridine rings is 1.